The fraction of sp³-hybridized carbons (Fsp3) is 0.545. The highest BCUT2D eigenvalue weighted by Crippen LogP contribution is 2.34. The van der Waals surface area contributed by atoms with Crippen molar-refractivity contribution < 1.29 is 9.90 Å². The molecule has 1 aromatic rings. The molecule has 1 aliphatic rings. The largest absolute Gasteiger partial charge is 0.477 e. The molecule has 4 heteroatoms. The van der Waals surface area contributed by atoms with E-state index in [-0.39, 0.29) is 0 Å². The molecule has 1 aromatic heterocycles. The van der Waals surface area contributed by atoms with E-state index in [1.54, 1.807) is 6.07 Å². The Balaban J connectivity index is 2.14. The second-order valence-corrected chi connectivity index (χ2v) is 4.81. The summed E-state index contributed by atoms with van der Waals surface area (Å²) in [5, 5.41) is 10.8. The van der Waals surface area contributed by atoms with E-state index < -0.39 is 5.97 Å². The van der Waals surface area contributed by atoms with E-state index in [4.69, 9.17) is 5.11 Å². The number of carboxylic acids is 1. The average Bonchev–Trinajstić information content (AvgIpc) is 2.91. The molecule has 0 bridgehead atoms. The van der Waals surface area contributed by atoms with Crippen molar-refractivity contribution in [2.24, 2.45) is 0 Å². The molecule has 0 spiro atoms. The minimum Gasteiger partial charge on any atom is -0.477 e. The van der Waals surface area contributed by atoms with Crippen LogP contribution < -0.4 is 4.90 Å². The van der Waals surface area contributed by atoms with Crippen molar-refractivity contribution in [2.45, 2.75) is 32.2 Å². The minimum absolute atomic E-state index is 0.437. The molecule has 3 nitrogen and oxygen atoms in total. The van der Waals surface area contributed by atoms with Gasteiger partial charge in [-0.05, 0) is 25.3 Å². The SMILES string of the molecule is CCCN(c1csc(C(=O)O)c1)C1CC1. The second-order valence-electron chi connectivity index (χ2n) is 3.90. The molecule has 1 fully saturated rings. The van der Waals surface area contributed by atoms with Gasteiger partial charge in [-0.2, -0.15) is 0 Å². The van der Waals surface area contributed by atoms with Crippen molar-refractivity contribution in [1.29, 1.82) is 0 Å². The number of anilines is 1. The summed E-state index contributed by atoms with van der Waals surface area (Å²) in [4.78, 5) is 13.5. The quantitative estimate of drug-likeness (QED) is 0.837. The molecule has 1 aliphatic carbocycles. The Kier molecular flexibility index (Phi) is 2.95. The predicted octanol–water partition coefficient (Wildman–Crippen LogP) is 2.83. The van der Waals surface area contributed by atoms with E-state index in [1.165, 1.54) is 24.2 Å². The molecule has 0 aliphatic heterocycles. The first-order valence-corrected chi connectivity index (χ1v) is 6.18. The fourth-order valence-electron chi connectivity index (χ4n) is 1.74. The van der Waals surface area contributed by atoms with Crippen molar-refractivity contribution in [3.05, 3.63) is 16.3 Å². The Morgan fingerprint density at radius 3 is 2.87 bits per heavy atom. The summed E-state index contributed by atoms with van der Waals surface area (Å²) in [6.45, 7) is 3.18. The number of carboxylic acid groups (broad SMARTS) is 1. The van der Waals surface area contributed by atoms with Gasteiger partial charge >= 0.3 is 5.97 Å². The number of carbonyl (C=O) groups is 1. The normalized spacial score (nSPS) is 15.3. The molecule has 0 atom stereocenters. The Labute approximate surface area is 93.3 Å². The van der Waals surface area contributed by atoms with E-state index in [0.717, 1.165) is 18.7 Å². The minimum atomic E-state index is -0.821. The summed E-state index contributed by atoms with van der Waals surface area (Å²) in [5.74, 6) is -0.821. The fourth-order valence-corrected chi connectivity index (χ4v) is 2.48. The third kappa shape index (κ3) is 2.31. The van der Waals surface area contributed by atoms with Crippen molar-refractivity contribution in [3.63, 3.8) is 0 Å². The van der Waals surface area contributed by atoms with Crippen LogP contribution in [-0.2, 0) is 0 Å². The monoisotopic (exact) mass is 225 g/mol. The lowest BCUT2D eigenvalue weighted by Gasteiger charge is -2.22. The Morgan fingerprint density at radius 2 is 2.40 bits per heavy atom. The first-order chi connectivity index (χ1) is 7.22. The summed E-state index contributed by atoms with van der Waals surface area (Å²) in [6, 6.07) is 2.45. The smallest absolute Gasteiger partial charge is 0.345 e. The summed E-state index contributed by atoms with van der Waals surface area (Å²) >= 11 is 1.32. The molecule has 1 N–H and O–H groups in total. The third-order valence-electron chi connectivity index (χ3n) is 2.58. The lowest BCUT2D eigenvalue weighted by atomic mass is 10.3. The van der Waals surface area contributed by atoms with Gasteiger partial charge in [0, 0.05) is 23.7 Å². The van der Waals surface area contributed by atoms with Crippen LogP contribution in [0.15, 0.2) is 11.4 Å². The zero-order chi connectivity index (χ0) is 10.8. The Morgan fingerprint density at radius 1 is 1.67 bits per heavy atom. The lowest BCUT2D eigenvalue weighted by molar-refractivity contribution is 0.0702. The molecule has 0 radical (unpaired) electrons. The molecule has 2 rings (SSSR count). The molecule has 1 saturated carbocycles. The van der Waals surface area contributed by atoms with Crippen LogP contribution in [0.2, 0.25) is 0 Å². The van der Waals surface area contributed by atoms with E-state index in [1.807, 2.05) is 5.38 Å². The number of thiophene rings is 1. The van der Waals surface area contributed by atoms with Crippen molar-refractivity contribution in [1.82, 2.24) is 0 Å². The topological polar surface area (TPSA) is 40.5 Å². The molecular formula is C11H15NO2S. The van der Waals surface area contributed by atoms with Crippen molar-refractivity contribution in [2.75, 3.05) is 11.4 Å². The predicted molar refractivity (Wildman–Crippen MR) is 61.9 cm³/mol. The van der Waals surface area contributed by atoms with Gasteiger partial charge in [0.05, 0.1) is 0 Å². The van der Waals surface area contributed by atoms with Crippen molar-refractivity contribution >= 4 is 23.0 Å². The highest BCUT2D eigenvalue weighted by molar-refractivity contribution is 7.12. The standard InChI is InChI=1S/C11H15NO2S/c1-2-5-12(8-3-4-8)9-6-10(11(13)14)15-7-9/h6-8H,2-5H2,1H3,(H,13,14). The average molecular weight is 225 g/mol. The number of hydrogen-bond donors (Lipinski definition) is 1. The van der Waals surface area contributed by atoms with Gasteiger partial charge in [0.1, 0.15) is 4.88 Å². The van der Waals surface area contributed by atoms with E-state index in [9.17, 15) is 4.79 Å². The molecule has 1 heterocycles. The van der Waals surface area contributed by atoms with Crippen LogP contribution in [0, 0.1) is 0 Å². The number of hydrogen-bond acceptors (Lipinski definition) is 3. The van der Waals surface area contributed by atoms with Crippen LogP contribution >= 0.6 is 11.3 Å². The summed E-state index contributed by atoms with van der Waals surface area (Å²) in [7, 11) is 0. The van der Waals surface area contributed by atoms with Crippen LogP contribution in [-0.4, -0.2) is 23.7 Å². The van der Waals surface area contributed by atoms with E-state index in [0.29, 0.717) is 10.9 Å². The maximum atomic E-state index is 10.8. The van der Waals surface area contributed by atoms with Gasteiger partial charge in [-0.25, -0.2) is 4.79 Å². The zero-order valence-corrected chi connectivity index (χ0v) is 9.59. The van der Waals surface area contributed by atoms with Gasteiger partial charge < -0.3 is 10.0 Å². The van der Waals surface area contributed by atoms with Crippen LogP contribution in [0.1, 0.15) is 35.9 Å². The van der Waals surface area contributed by atoms with Crippen molar-refractivity contribution in [3.8, 4) is 0 Å². The number of aromatic carboxylic acids is 1. The van der Waals surface area contributed by atoms with Gasteiger partial charge in [0.25, 0.3) is 0 Å². The lowest BCUT2D eigenvalue weighted by Crippen LogP contribution is -2.25. The van der Waals surface area contributed by atoms with Gasteiger partial charge in [0.2, 0.25) is 0 Å². The van der Waals surface area contributed by atoms with Gasteiger partial charge in [0.15, 0.2) is 0 Å². The van der Waals surface area contributed by atoms with Crippen LogP contribution in [0.3, 0.4) is 0 Å². The molecule has 15 heavy (non-hydrogen) atoms. The maximum Gasteiger partial charge on any atom is 0.345 e. The molecule has 0 saturated heterocycles. The first-order valence-electron chi connectivity index (χ1n) is 5.31. The number of nitrogens with zero attached hydrogens (tertiary/aromatic N) is 1. The molecule has 0 amide bonds. The maximum absolute atomic E-state index is 10.8. The van der Waals surface area contributed by atoms with Gasteiger partial charge in [-0.3, -0.25) is 0 Å². The molecule has 82 valence electrons. The Hall–Kier alpha value is -1.03. The number of rotatable bonds is 5. The molecule has 0 unspecified atom stereocenters. The zero-order valence-electron chi connectivity index (χ0n) is 8.77. The Bertz CT molecular complexity index is 357. The van der Waals surface area contributed by atoms with E-state index >= 15 is 0 Å². The third-order valence-corrected chi connectivity index (χ3v) is 3.49. The molecule has 0 aromatic carbocycles. The summed E-state index contributed by atoms with van der Waals surface area (Å²) in [6.07, 6.45) is 3.60. The first kappa shape index (κ1) is 10.5. The van der Waals surface area contributed by atoms with Crippen LogP contribution in [0.25, 0.3) is 0 Å². The molecular weight excluding hydrogens is 210 g/mol. The van der Waals surface area contributed by atoms with Crippen LogP contribution in [0.4, 0.5) is 5.69 Å². The highest BCUT2D eigenvalue weighted by Gasteiger charge is 2.29. The van der Waals surface area contributed by atoms with Gasteiger partial charge in [-0.15, -0.1) is 11.3 Å². The summed E-state index contributed by atoms with van der Waals surface area (Å²) < 4.78 is 0. The van der Waals surface area contributed by atoms with E-state index in [2.05, 4.69) is 11.8 Å². The highest BCUT2D eigenvalue weighted by atomic mass is 32.1. The van der Waals surface area contributed by atoms with Crippen LogP contribution in [0.5, 0.6) is 0 Å². The second kappa shape index (κ2) is 4.23. The summed E-state index contributed by atoms with van der Waals surface area (Å²) in [5.41, 5.74) is 1.08. The van der Waals surface area contributed by atoms with Gasteiger partial charge in [-0.1, -0.05) is 6.92 Å².